The highest BCUT2D eigenvalue weighted by atomic mass is 16.5. The van der Waals surface area contributed by atoms with Crippen molar-refractivity contribution in [3.05, 3.63) is 29.8 Å². The molecule has 1 aromatic carbocycles. The van der Waals surface area contributed by atoms with Crippen LogP contribution < -0.4 is 10.1 Å². The molecule has 0 aliphatic heterocycles. The molecule has 0 saturated carbocycles. The molecule has 1 rings (SSSR count). The van der Waals surface area contributed by atoms with Crippen molar-refractivity contribution < 1.29 is 14.3 Å². The van der Waals surface area contributed by atoms with Crippen LogP contribution in [-0.2, 0) is 9.53 Å². The second kappa shape index (κ2) is 7.71. The summed E-state index contributed by atoms with van der Waals surface area (Å²) in [4.78, 5) is 11.7. The molecule has 4 heteroatoms. The van der Waals surface area contributed by atoms with Crippen LogP contribution in [-0.4, -0.2) is 32.3 Å². The maximum absolute atomic E-state index is 11.7. The van der Waals surface area contributed by atoms with E-state index in [1.165, 1.54) is 0 Å². The van der Waals surface area contributed by atoms with E-state index >= 15 is 0 Å². The third-order valence-electron chi connectivity index (χ3n) is 2.50. The Kier molecular flexibility index (Phi) is 6.22. The van der Waals surface area contributed by atoms with Crippen molar-refractivity contribution in [3.8, 4) is 5.75 Å². The van der Waals surface area contributed by atoms with Crippen LogP contribution in [0.25, 0.3) is 0 Å². The Morgan fingerprint density at radius 2 is 2.22 bits per heavy atom. The van der Waals surface area contributed by atoms with E-state index in [2.05, 4.69) is 5.32 Å². The highest BCUT2D eigenvalue weighted by Crippen LogP contribution is 2.14. The average molecular weight is 251 g/mol. The minimum atomic E-state index is -0.491. The van der Waals surface area contributed by atoms with Gasteiger partial charge in [-0.25, -0.2) is 0 Å². The maximum Gasteiger partial charge on any atom is 0.260 e. The molecule has 18 heavy (non-hydrogen) atoms. The van der Waals surface area contributed by atoms with Gasteiger partial charge >= 0.3 is 0 Å². The van der Waals surface area contributed by atoms with Gasteiger partial charge in [0.2, 0.25) is 0 Å². The molecular formula is C14H21NO3. The zero-order valence-corrected chi connectivity index (χ0v) is 11.2. The van der Waals surface area contributed by atoms with Crippen molar-refractivity contribution >= 4 is 5.91 Å². The molecule has 100 valence electrons. The summed E-state index contributed by atoms with van der Waals surface area (Å²) in [7, 11) is 1.64. The summed E-state index contributed by atoms with van der Waals surface area (Å²) in [5, 5.41) is 2.81. The summed E-state index contributed by atoms with van der Waals surface area (Å²) in [6.07, 6.45) is 0.314. The second-order valence-corrected chi connectivity index (χ2v) is 4.21. The molecule has 0 aromatic heterocycles. The van der Waals surface area contributed by atoms with Gasteiger partial charge in [-0.2, -0.15) is 0 Å². The molecule has 1 atom stereocenters. The normalized spacial score (nSPS) is 11.9. The Morgan fingerprint density at radius 3 is 2.89 bits per heavy atom. The molecule has 1 N–H and O–H groups in total. The SMILES string of the molecule is COCCCNC(=O)C(C)Oc1cccc(C)c1. The third kappa shape index (κ3) is 5.19. The molecule has 1 unspecified atom stereocenters. The quantitative estimate of drug-likeness (QED) is 0.753. The predicted molar refractivity (Wildman–Crippen MR) is 70.8 cm³/mol. The number of amides is 1. The topological polar surface area (TPSA) is 47.6 Å². The van der Waals surface area contributed by atoms with Gasteiger partial charge in [0.25, 0.3) is 5.91 Å². The zero-order chi connectivity index (χ0) is 13.4. The average Bonchev–Trinajstić information content (AvgIpc) is 2.34. The molecule has 1 amide bonds. The van der Waals surface area contributed by atoms with Gasteiger partial charge < -0.3 is 14.8 Å². The Bertz CT molecular complexity index is 379. The van der Waals surface area contributed by atoms with Gasteiger partial charge in [-0.3, -0.25) is 4.79 Å². The number of ether oxygens (including phenoxy) is 2. The number of hydrogen-bond donors (Lipinski definition) is 1. The molecule has 0 radical (unpaired) electrons. The van der Waals surface area contributed by atoms with Crippen molar-refractivity contribution in [2.24, 2.45) is 0 Å². The van der Waals surface area contributed by atoms with Crippen molar-refractivity contribution in [1.82, 2.24) is 5.32 Å². The first-order valence-corrected chi connectivity index (χ1v) is 6.13. The summed E-state index contributed by atoms with van der Waals surface area (Å²) >= 11 is 0. The first-order chi connectivity index (χ1) is 8.63. The van der Waals surface area contributed by atoms with E-state index < -0.39 is 6.10 Å². The number of rotatable bonds is 7. The van der Waals surface area contributed by atoms with Gasteiger partial charge in [-0.1, -0.05) is 12.1 Å². The van der Waals surface area contributed by atoms with Gasteiger partial charge in [0.05, 0.1) is 0 Å². The molecule has 1 aromatic rings. The monoisotopic (exact) mass is 251 g/mol. The lowest BCUT2D eigenvalue weighted by atomic mass is 10.2. The fourth-order valence-corrected chi connectivity index (χ4v) is 1.52. The smallest absolute Gasteiger partial charge is 0.260 e. The van der Waals surface area contributed by atoms with Gasteiger partial charge in [-0.15, -0.1) is 0 Å². The fraction of sp³-hybridized carbons (Fsp3) is 0.500. The lowest BCUT2D eigenvalue weighted by molar-refractivity contribution is -0.127. The Labute approximate surface area is 108 Å². The Hall–Kier alpha value is -1.55. The van der Waals surface area contributed by atoms with E-state index in [1.54, 1.807) is 14.0 Å². The van der Waals surface area contributed by atoms with Crippen LogP contribution >= 0.6 is 0 Å². The summed E-state index contributed by atoms with van der Waals surface area (Å²) < 4.78 is 10.5. The number of methoxy groups -OCH3 is 1. The van der Waals surface area contributed by atoms with Crippen LogP contribution in [0.15, 0.2) is 24.3 Å². The van der Waals surface area contributed by atoms with Crippen LogP contribution in [0.2, 0.25) is 0 Å². The first kappa shape index (κ1) is 14.5. The molecule has 0 aliphatic carbocycles. The van der Waals surface area contributed by atoms with Crippen LogP contribution in [0.1, 0.15) is 18.9 Å². The van der Waals surface area contributed by atoms with E-state index in [9.17, 15) is 4.79 Å². The summed E-state index contributed by atoms with van der Waals surface area (Å²) in [5.74, 6) is 0.613. The molecule has 4 nitrogen and oxygen atoms in total. The van der Waals surface area contributed by atoms with Gasteiger partial charge in [0, 0.05) is 20.3 Å². The minimum absolute atomic E-state index is 0.104. The second-order valence-electron chi connectivity index (χ2n) is 4.21. The number of aryl methyl sites for hydroxylation is 1. The summed E-state index contributed by atoms with van der Waals surface area (Å²) in [6.45, 7) is 4.98. The summed E-state index contributed by atoms with van der Waals surface area (Å²) in [6, 6.07) is 7.66. The van der Waals surface area contributed by atoms with E-state index in [-0.39, 0.29) is 5.91 Å². The van der Waals surface area contributed by atoms with E-state index in [4.69, 9.17) is 9.47 Å². The number of carbonyl (C=O) groups is 1. The van der Waals surface area contributed by atoms with Gasteiger partial charge in [-0.05, 0) is 38.0 Å². The predicted octanol–water partition coefficient (Wildman–Crippen LogP) is 1.92. The number of carbonyl (C=O) groups excluding carboxylic acids is 1. The van der Waals surface area contributed by atoms with Crippen molar-refractivity contribution in [2.75, 3.05) is 20.3 Å². The Morgan fingerprint density at radius 1 is 1.44 bits per heavy atom. The lowest BCUT2D eigenvalue weighted by Crippen LogP contribution is -2.37. The molecule has 0 spiro atoms. The fourth-order valence-electron chi connectivity index (χ4n) is 1.52. The molecule has 0 heterocycles. The van der Waals surface area contributed by atoms with Crippen molar-refractivity contribution in [2.45, 2.75) is 26.4 Å². The Balaban J connectivity index is 2.35. The van der Waals surface area contributed by atoms with Gasteiger partial charge in [0.15, 0.2) is 6.10 Å². The number of nitrogens with one attached hydrogen (secondary N) is 1. The maximum atomic E-state index is 11.7. The number of hydrogen-bond acceptors (Lipinski definition) is 3. The first-order valence-electron chi connectivity index (χ1n) is 6.13. The van der Waals surface area contributed by atoms with E-state index in [0.717, 1.165) is 17.7 Å². The number of benzene rings is 1. The summed E-state index contributed by atoms with van der Waals surface area (Å²) in [5.41, 5.74) is 1.11. The third-order valence-corrected chi connectivity index (χ3v) is 2.50. The van der Waals surface area contributed by atoms with Crippen LogP contribution in [0.4, 0.5) is 0 Å². The van der Waals surface area contributed by atoms with Crippen LogP contribution in [0.5, 0.6) is 5.75 Å². The molecule has 0 aliphatic rings. The van der Waals surface area contributed by atoms with Crippen LogP contribution in [0, 0.1) is 6.92 Å². The van der Waals surface area contributed by atoms with E-state index in [1.807, 2.05) is 31.2 Å². The van der Waals surface area contributed by atoms with E-state index in [0.29, 0.717) is 13.2 Å². The zero-order valence-electron chi connectivity index (χ0n) is 11.2. The standard InChI is InChI=1S/C14H21NO3/c1-11-6-4-7-13(10-11)18-12(2)14(16)15-8-5-9-17-3/h4,6-7,10,12H,5,8-9H2,1-3H3,(H,15,16). The molecule has 0 saturated heterocycles. The lowest BCUT2D eigenvalue weighted by Gasteiger charge is -2.14. The highest BCUT2D eigenvalue weighted by Gasteiger charge is 2.13. The van der Waals surface area contributed by atoms with Crippen molar-refractivity contribution in [1.29, 1.82) is 0 Å². The molecule has 0 fully saturated rings. The highest BCUT2D eigenvalue weighted by molar-refractivity contribution is 5.80. The molecule has 0 bridgehead atoms. The van der Waals surface area contributed by atoms with Gasteiger partial charge in [0.1, 0.15) is 5.75 Å². The molecular weight excluding hydrogens is 230 g/mol. The van der Waals surface area contributed by atoms with Crippen LogP contribution in [0.3, 0.4) is 0 Å². The minimum Gasteiger partial charge on any atom is -0.481 e. The van der Waals surface area contributed by atoms with Crippen molar-refractivity contribution in [3.63, 3.8) is 0 Å². The largest absolute Gasteiger partial charge is 0.481 e.